The van der Waals surface area contributed by atoms with Gasteiger partial charge >= 0.3 is 0 Å². The van der Waals surface area contributed by atoms with E-state index in [4.69, 9.17) is 16.7 Å². The molecule has 0 aliphatic carbocycles. The highest BCUT2D eigenvalue weighted by Gasteiger charge is 2.19. The van der Waals surface area contributed by atoms with Crippen molar-refractivity contribution in [2.24, 2.45) is 0 Å². The van der Waals surface area contributed by atoms with Crippen LogP contribution in [0.3, 0.4) is 0 Å². The number of pyridine rings is 1. The number of hydrogen-bond donors (Lipinski definition) is 3. The van der Waals surface area contributed by atoms with E-state index < -0.39 is 5.60 Å². The van der Waals surface area contributed by atoms with E-state index in [-0.39, 0.29) is 13.2 Å². The van der Waals surface area contributed by atoms with Crippen molar-refractivity contribution in [2.45, 2.75) is 12.5 Å². The zero-order valence-electron chi connectivity index (χ0n) is 8.17. The predicted molar refractivity (Wildman–Crippen MR) is 63.1 cm³/mol. The highest BCUT2D eigenvalue weighted by molar-refractivity contribution is 9.10. The number of aliphatic hydroxyl groups excluding tert-OH is 1. The molecule has 1 heterocycles. The highest BCUT2D eigenvalue weighted by atomic mass is 79.9. The van der Waals surface area contributed by atoms with E-state index in [0.717, 1.165) is 4.47 Å². The van der Waals surface area contributed by atoms with Crippen molar-refractivity contribution in [3.63, 3.8) is 0 Å². The number of nitrogens with zero attached hydrogens (tertiary/aromatic N) is 1. The first-order chi connectivity index (χ1) is 6.94. The minimum Gasteiger partial charge on any atom is -0.393 e. The summed E-state index contributed by atoms with van der Waals surface area (Å²) in [7, 11) is 0. The molecule has 1 rings (SSSR count). The fourth-order valence-electron chi connectivity index (χ4n) is 0.875. The molecule has 0 amide bonds. The van der Waals surface area contributed by atoms with Crippen LogP contribution in [0.1, 0.15) is 6.92 Å². The molecule has 1 aromatic rings. The summed E-state index contributed by atoms with van der Waals surface area (Å²) in [6.07, 6.45) is 1.60. The molecule has 0 aromatic carbocycles. The Morgan fingerprint density at radius 2 is 2.33 bits per heavy atom. The summed E-state index contributed by atoms with van der Waals surface area (Å²) in [4.78, 5) is 4.03. The molecular formula is C9H12BrClN2O2. The first kappa shape index (κ1) is 12.7. The summed E-state index contributed by atoms with van der Waals surface area (Å²) in [5, 5.41) is 21.7. The van der Waals surface area contributed by atoms with Gasteiger partial charge in [-0.3, -0.25) is 0 Å². The topological polar surface area (TPSA) is 65.4 Å². The molecule has 4 nitrogen and oxygen atoms in total. The van der Waals surface area contributed by atoms with E-state index >= 15 is 0 Å². The maximum Gasteiger partial charge on any atom is 0.144 e. The third kappa shape index (κ3) is 3.95. The van der Waals surface area contributed by atoms with E-state index in [9.17, 15) is 5.11 Å². The largest absolute Gasteiger partial charge is 0.393 e. The summed E-state index contributed by atoms with van der Waals surface area (Å²) < 4.78 is 0.784. The van der Waals surface area contributed by atoms with Crippen LogP contribution in [0.4, 0.5) is 5.82 Å². The van der Waals surface area contributed by atoms with Gasteiger partial charge in [0.2, 0.25) is 0 Å². The van der Waals surface area contributed by atoms with Gasteiger partial charge < -0.3 is 15.5 Å². The molecule has 3 N–H and O–H groups in total. The molecule has 15 heavy (non-hydrogen) atoms. The monoisotopic (exact) mass is 294 g/mol. The zero-order chi connectivity index (χ0) is 11.5. The van der Waals surface area contributed by atoms with E-state index in [0.29, 0.717) is 10.8 Å². The van der Waals surface area contributed by atoms with Gasteiger partial charge in [0.25, 0.3) is 0 Å². The van der Waals surface area contributed by atoms with E-state index in [1.165, 1.54) is 6.92 Å². The van der Waals surface area contributed by atoms with Crippen LogP contribution in [-0.4, -0.2) is 33.9 Å². The van der Waals surface area contributed by atoms with Crippen LogP contribution in [0.15, 0.2) is 16.7 Å². The van der Waals surface area contributed by atoms with Gasteiger partial charge in [-0.2, -0.15) is 0 Å². The van der Waals surface area contributed by atoms with Crippen LogP contribution in [0.25, 0.3) is 0 Å². The Hall–Kier alpha value is -0.360. The second-order valence-corrected chi connectivity index (χ2v) is 4.82. The minimum absolute atomic E-state index is 0.178. The molecule has 0 aliphatic heterocycles. The molecule has 0 radical (unpaired) electrons. The lowest BCUT2D eigenvalue weighted by Crippen LogP contribution is -2.37. The van der Waals surface area contributed by atoms with Gasteiger partial charge in [0.05, 0.1) is 11.6 Å². The van der Waals surface area contributed by atoms with Crippen molar-refractivity contribution < 1.29 is 10.2 Å². The molecule has 1 aromatic heterocycles. The normalized spacial score (nSPS) is 14.7. The maximum absolute atomic E-state index is 9.54. The Balaban J connectivity index is 2.66. The quantitative estimate of drug-likeness (QED) is 0.790. The first-order valence-corrected chi connectivity index (χ1v) is 5.50. The number of aromatic nitrogens is 1. The molecule has 1 atom stereocenters. The van der Waals surface area contributed by atoms with Crippen LogP contribution in [0, 0.1) is 0 Å². The van der Waals surface area contributed by atoms with Gasteiger partial charge in [-0.1, -0.05) is 11.6 Å². The number of hydrogen-bond acceptors (Lipinski definition) is 4. The minimum atomic E-state index is -1.18. The van der Waals surface area contributed by atoms with E-state index in [2.05, 4.69) is 26.2 Å². The highest BCUT2D eigenvalue weighted by Crippen LogP contribution is 2.23. The average molecular weight is 296 g/mol. The van der Waals surface area contributed by atoms with Gasteiger partial charge in [-0.15, -0.1) is 0 Å². The smallest absolute Gasteiger partial charge is 0.144 e. The lowest BCUT2D eigenvalue weighted by atomic mass is 10.1. The molecule has 84 valence electrons. The standard InChI is InChI=1S/C9H12BrClN2O2/c1-9(15,5-14)4-13-8-7(11)2-6(10)3-12-8/h2-3,14-15H,4-5H2,1H3,(H,12,13). The molecule has 0 fully saturated rings. The molecule has 0 bridgehead atoms. The molecule has 6 heteroatoms. The van der Waals surface area contributed by atoms with Crippen molar-refractivity contribution in [1.82, 2.24) is 4.98 Å². The van der Waals surface area contributed by atoms with Crippen molar-refractivity contribution in [1.29, 1.82) is 0 Å². The zero-order valence-corrected chi connectivity index (χ0v) is 10.5. The number of rotatable bonds is 4. The Morgan fingerprint density at radius 1 is 1.67 bits per heavy atom. The first-order valence-electron chi connectivity index (χ1n) is 4.33. The van der Waals surface area contributed by atoms with Gasteiger partial charge in [0, 0.05) is 17.2 Å². The van der Waals surface area contributed by atoms with Gasteiger partial charge in [-0.05, 0) is 28.9 Å². The fourth-order valence-corrected chi connectivity index (χ4v) is 1.57. The maximum atomic E-state index is 9.54. The summed E-state index contributed by atoms with van der Waals surface area (Å²) in [5.41, 5.74) is -1.18. The molecule has 0 spiro atoms. The summed E-state index contributed by atoms with van der Waals surface area (Å²) in [5.74, 6) is 0.480. The number of anilines is 1. The summed E-state index contributed by atoms with van der Waals surface area (Å²) in [6.45, 7) is 1.37. The fraction of sp³-hybridized carbons (Fsp3) is 0.444. The Labute approximate surface area is 101 Å². The molecule has 1 unspecified atom stereocenters. The van der Waals surface area contributed by atoms with Crippen LogP contribution in [-0.2, 0) is 0 Å². The third-order valence-corrected chi connectivity index (χ3v) is 2.51. The van der Waals surface area contributed by atoms with Crippen LogP contribution in [0.2, 0.25) is 5.02 Å². The third-order valence-electron chi connectivity index (χ3n) is 1.79. The molecule has 0 aliphatic rings. The number of aliphatic hydroxyl groups is 2. The number of halogens is 2. The second-order valence-electron chi connectivity index (χ2n) is 3.49. The summed E-state index contributed by atoms with van der Waals surface area (Å²) >= 11 is 9.14. The number of nitrogens with one attached hydrogen (secondary N) is 1. The average Bonchev–Trinajstić information content (AvgIpc) is 2.16. The van der Waals surface area contributed by atoms with Crippen molar-refractivity contribution in [2.75, 3.05) is 18.5 Å². The predicted octanol–water partition coefficient (Wildman–Crippen LogP) is 1.65. The van der Waals surface area contributed by atoms with Crippen LogP contribution < -0.4 is 5.32 Å². The van der Waals surface area contributed by atoms with Crippen LogP contribution >= 0.6 is 27.5 Å². The summed E-state index contributed by atoms with van der Waals surface area (Å²) in [6, 6.07) is 1.70. The lowest BCUT2D eigenvalue weighted by molar-refractivity contribution is 0.0132. The molecule has 0 saturated carbocycles. The van der Waals surface area contributed by atoms with Crippen molar-refractivity contribution in [3.05, 3.63) is 21.8 Å². The molecular weight excluding hydrogens is 283 g/mol. The van der Waals surface area contributed by atoms with Gasteiger partial charge in [-0.25, -0.2) is 4.98 Å². The second kappa shape index (κ2) is 5.12. The van der Waals surface area contributed by atoms with Gasteiger partial charge in [0.1, 0.15) is 11.4 Å². The Kier molecular flexibility index (Phi) is 4.33. The van der Waals surface area contributed by atoms with Gasteiger partial charge in [0.15, 0.2) is 0 Å². The van der Waals surface area contributed by atoms with Crippen LogP contribution in [0.5, 0.6) is 0 Å². The van der Waals surface area contributed by atoms with Crippen molar-refractivity contribution in [3.8, 4) is 0 Å². The Bertz CT molecular complexity index is 347. The van der Waals surface area contributed by atoms with Crippen molar-refractivity contribution >= 4 is 33.3 Å². The lowest BCUT2D eigenvalue weighted by Gasteiger charge is -2.21. The van der Waals surface area contributed by atoms with E-state index in [1.807, 2.05) is 0 Å². The van der Waals surface area contributed by atoms with E-state index in [1.54, 1.807) is 12.3 Å². The SMILES string of the molecule is CC(O)(CO)CNc1ncc(Br)cc1Cl. The Morgan fingerprint density at radius 3 is 2.87 bits per heavy atom. The molecule has 0 saturated heterocycles.